The standard InChI is InChI=1S/C22H23FN2/c1-25(2)12-10-20-21-19-8-3-15(14-24)13-16(19)9-11-22(20,21)17-4-6-18(23)7-5-17/h3-8,13,20-21H,9-12H2,1-2H3/t20?,21?,22-/m1/s1. The fraction of sp³-hybridized carbons (Fsp3) is 0.409. The Bertz CT molecular complexity index is 834. The van der Waals surface area contributed by atoms with Crippen LogP contribution in [-0.2, 0) is 11.8 Å². The second-order valence-electron chi connectivity index (χ2n) is 7.75. The summed E-state index contributed by atoms with van der Waals surface area (Å²) in [6, 6.07) is 15.6. The highest BCUT2D eigenvalue weighted by Gasteiger charge is 2.66. The molecule has 25 heavy (non-hydrogen) atoms. The molecule has 2 aromatic rings. The summed E-state index contributed by atoms with van der Waals surface area (Å²) in [6.07, 6.45) is 3.23. The molecule has 1 saturated carbocycles. The van der Waals surface area contributed by atoms with Gasteiger partial charge in [0.2, 0.25) is 0 Å². The predicted molar refractivity (Wildman–Crippen MR) is 97.0 cm³/mol. The second kappa shape index (κ2) is 5.97. The summed E-state index contributed by atoms with van der Waals surface area (Å²) < 4.78 is 13.4. The van der Waals surface area contributed by atoms with E-state index in [0.29, 0.717) is 11.8 Å². The molecule has 128 valence electrons. The van der Waals surface area contributed by atoms with Crippen LogP contribution in [0.25, 0.3) is 0 Å². The van der Waals surface area contributed by atoms with Gasteiger partial charge in [-0.05, 0) is 92.7 Å². The number of nitriles is 1. The highest BCUT2D eigenvalue weighted by atomic mass is 19.1. The first-order valence-electron chi connectivity index (χ1n) is 9.00. The normalized spacial score (nSPS) is 26.7. The lowest BCUT2D eigenvalue weighted by atomic mass is 9.78. The van der Waals surface area contributed by atoms with E-state index in [-0.39, 0.29) is 11.2 Å². The summed E-state index contributed by atoms with van der Waals surface area (Å²) in [5.74, 6) is 0.918. The van der Waals surface area contributed by atoms with Crippen molar-refractivity contribution >= 4 is 0 Å². The molecule has 0 spiro atoms. The van der Waals surface area contributed by atoms with E-state index in [1.54, 1.807) is 12.1 Å². The summed E-state index contributed by atoms with van der Waals surface area (Å²) in [7, 11) is 4.23. The number of fused-ring (bicyclic) bond motifs is 3. The molecule has 2 aliphatic rings. The number of aryl methyl sites for hydroxylation is 1. The summed E-state index contributed by atoms with van der Waals surface area (Å²) in [5.41, 5.74) is 4.90. The van der Waals surface area contributed by atoms with Gasteiger partial charge in [-0.25, -0.2) is 4.39 Å². The Balaban J connectivity index is 1.74. The molecular formula is C22H23FN2. The van der Waals surface area contributed by atoms with Crippen molar-refractivity contribution in [2.75, 3.05) is 20.6 Å². The monoisotopic (exact) mass is 334 g/mol. The third-order valence-electron chi connectivity index (χ3n) is 6.19. The van der Waals surface area contributed by atoms with Crippen LogP contribution in [0.2, 0.25) is 0 Å². The minimum Gasteiger partial charge on any atom is -0.309 e. The summed E-state index contributed by atoms with van der Waals surface area (Å²) in [4.78, 5) is 2.24. The molecule has 0 aliphatic heterocycles. The van der Waals surface area contributed by atoms with E-state index < -0.39 is 0 Å². The van der Waals surface area contributed by atoms with Crippen molar-refractivity contribution in [2.45, 2.75) is 30.6 Å². The Morgan fingerprint density at radius 2 is 1.96 bits per heavy atom. The van der Waals surface area contributed by atoms with E-state index in [0.717, 1.165) is 31.4 Å². The average molecular weight is 334 g/mol. The number of rotatable bonds is 4. The Kier molecular flexibility index (Phi) is 3.89. The van der Waals surface area contributed by atoms with E-state index in [9.17, 15) is 9.65 Å². The van der Waals surface area contributed by atoms with Gasteiger partial charge in [-0.3, -0.25) is 0 Å². The summed E-state index contributed by atoms with van der Waals surface area (Å²) >= 11 is 0. The number of nitrogens with zero attached hydrogens (tertiary/aromatic N) is 2. The number of halogens is 1. The van der Waals surface area contributed by atoms with Crippen molar-refractivity contribution in [1.29, 1.82) is 5.26 Å². The topological polar surface area (TPSA) is 27.0 Å². The average Bonchev–Trinajstić information content (AvgIpc) is 3.29. The first kappa shape index (κ1) is 16.3. The van der Waals surface area contributed by atoms with Gasteiger partial charge in [0.05, 0.1) is 11.6 Å². The van der Waals surface area contributed by atoms with Crippen molar-refractivity contribution in [3.63, 3.8) is 0 Å². The van der Waals surface area contributed by atoms with Crippen molar-refractivity contribution in [2.24, 2.45) is 5.92 Å². The van der Waals surface area contributed by atoms with Gasteiger partial charge >= 0.3 is 0 Å². The van der Waals surface area contributed by atoms with Crippen LogP contribution in [-0.4, -0.2) is 25.5 Å². The Labute approximate surface area is 148 Å². The van der Waals surface area contributed by atoms with Gasteiger partial charge < -0.3 is 4.90 Å². The van der Waals surface area contributed by atoms with Gasteiger partial charge in [-0.15, -0.1) is 0 Å². The minimum atomic E-state index is -0.169. The Hall–Kier alpha value is -2.18. The molecule has 0 radical (unpaired) electrons. The summed E-state index contributed by atoms with van der Waals surface area (Å²) in [6.45, 7) is 1.07. The van der Waals surface area contributed by atoms with Crippen LogP contribution in [0.4, 0.5) is 4.39 Å². The highest BCUT2D eigenvalue weighted by Crippen LogP contribution is 2.71. The third-order valence-corrected chi connectivity index (χ3v) is 6.19. The lowest BCUT2D eigenvalue weighted by Crippen LogP contribution is -2.19. The van der Waals surface area contributed by atoms with Crippen LogP contribution in [0.1, 0.15) is 41.0 Å². The van der Waals surface area contributed by atoms with Gasteiger partial charge in [0.15, 0.2) is 0 Å². The quantitative estimate of drug-likeness (QED) is 0.836. The smallest absolute Gasteiger partial charge is 0.123 e. The Morgan fingerprint density at radius 3 is 2.64 bits per heavy atom. The zero-order valence-corrected chi connectivity index (χ0v) is 14.8. The molecule has 0 heterocycles. The first-order chi connectivity index (χ1) is 12.1. The van der Waals surface area contributed by atoms with Crippen molar-refractivity contribution in [3.8, 4) is 6.07 Å². The second-order valence-corrected chi connectivity index (χ2v) is 7.75. The van der Waals surface area contributed by atoms with Crippen LogP contribution < -0.4 is 0 Å². The fourth-order valence-corrected chi connectivity index (χ4v) is 5.01. The molecule has 0 N–H and O–H groups in total. The van der Waals surface area contributed by atoms with Crippen LogP contribution in [0.3, 0.4) is 0 Å². The maximum Gasteiger partial charge on any atom is 0.123 e. The molecule has 0 bridgehead atoms. The fourth-order valence-electron chi connectivity index (χ4n) is 5.01. The molecule has 2 nitrogen and oxygen atoms in total. The molecule has 3 atom stereocenters. The van der Waals surface area contributed by atoms with Gasteiger partial charge in [0.25, 0.3) is 0 Å². The highest BCUT2D eigenvalue weighted by molar-refractivity contribution is 5.53. The van der Waals surface area contributed by atoms with Crippen molar-refractivity contribution in [1.82, 2.24) is 4.90 Å². The van der Waals surface area contributed by atoms with E-state index in [4.69, 9.17) is 0 Å². The maximum atomic E-state index is 13.4. The predicted octanol–water partition coefficient (Wildman–Crippen LogP) is 4.25. The zero-order chi connectivity index (χ0) is 17.6. The van der Waals surface area contributed by atoms with Gasteiger partial charge in [0.1, 0.15) is 5.82 Å². The number of hydrogen-bond donors (Lipinski definition) is 0. The molecule has 0 aromatic heterocycles. The molecular weight excluding hydrogens is 311 g/mol. The van der Waals surface area contributed by atoms with Crippen LogP contribution in [0, 0.1) is 23.1 Å². The van der Waals surface area contributed by atoms with Gasteiger partial charge in [0, 0.05) is 5.41 Å². The van der Waals surface area contributed by atoms with E-state index in [2.05, 4.69) is 37.2 Å². The third kappa shape index (κ3) is 2.56. The van der Waals surface area contributed by atoms with Crippen LogP contribution in [0.5, 0.6) is 0 Å². The molecule has 0 saturated heterocycles. The molecule has 2 unspecified atom stereocenters. The van der Waals surface area contributed by atoms with Crippen molar-refractivity contribution in [3.05, 3.63) is 70.5 Å². The Morgan fingerprint density at radius 1 is 1.20 bits per heavy atom. The summed E-state index contributed by atoms with van der Waals surface area (Å²) in [5, 5.41) is 9.18. The van der Waals surface area contributed by atoms with E-state index >= 15 is 0 Å². The van der Waals surface area contributed by atoms with Crippen LogP contribution in [0.15, 0.2) is 42.5 Å². The molecule has 2 aliphatic carbocycles. The van der Waals surface area contributed by atoms with Gasteiger partial charge in [-0.1, -0.05) is 18.2 Å². The lowest BCUT2D eigenvalue weighted by molar-refractivity contribution is 0.376. The number of benzene rings is 2. The molecule has 4 rings (SSSR count). The van der Waals surface area contributed by atoms with Gasteiger partial charge in [-0.2, -0.15) is 5.26 Å². The SMILES string of the molecule is CN(C)CCC1C2c3ccc(C#N)cc3CC[C@@]12c1ccc(F)cc1. The van der Waals surface area contributed by atoms with E-state index in [1.807, 2.05) is 18.2 Å². The zero-order valence-electron chi connectivity index (χ0n) is 14.8. The largest absolute Gasteiger partial charge is 0.309 e. The lowest BCUT2D eigenvalue weighted by Gasteiger charge is -2.25. The van der Waals surface area contributed by atoms with Crippen molar-refractivity contribution < 1.29 is 4.39 Å². The number of hydrogen-bond acceptors (Lipinski definition) is 2. The van der Waals surface area contributed by atoms with E-state index in [1.165, 1.54) is 16.7 Å². The minimum absolute atomic E-state index is 0.144. The first-order valence-corrected chi connectivity index (χ1v) is 9.00. The molecule has 0 amide bonds. The van der Waals surface area contributed by atoms with Crippen LogP contribution >= 0.6 is 0 Å². The molecule has 3 heteroatoms. The molecule has 1 fully saturated rings. The maximum absolute atomic E-state index is 13.4. The molecule has 2 aromatic carbocycles.